The maximum atomic E-state index is 13.4. The smallest absolute Gasteiger partial charge is 0.142 e. The van der Waals surface area contributed by atoms with E-state index in [-0.39, 0.29) is 50.2 Å². The molecule has 0 spiro atoms. The molecule has 0 radical (unpaired) electrons. The van der Waals surface area contributed by atoms with Crippen LogP contribution in [0.4, 0.5) is 4.39 Å². The lowest BCUT2D eigenvalue weighted by Crippen LogP contribution is -2.29. The summed E-state index contributed by atoms with van der Waals surface area (Å²) in [5.41, 5.74) is 3.76. The van der Waals surface area contributed by atoms with Gasteiger partial charge in [0.05, 0.1) is 28.5 Å². The Labute approximate surface area is 246 Å². The molecule has 0 saturated carbocycles. The molecule has 0 fully saturated rings. The van der Waals surface area contributed by atoms with Gasteiger partial charge in [0, 0.05) is 35.8 Å². The number of ether oxygens (including phenoxy) is 2. The summed E-state index contributed by atoms with van der Waals surface area (Å²) < 4.78 is 25.5. The average molecular weight is 600 g/mol. The summed E-state index contributed by atoms with van der Waals surface area (Å²) in [6.45, 7) is 0.269. The van der Waals surface area contributed by atoms with Crippen molar-refractivity contribution in [2.75, 3.05) is 19.8 Å². The Bertz CT molecular complexity index is 1490. The van der Waals surface area contributed by atoms with Crippen LogP contribution in [0.2, 0.25) is 10.0 Å². The Kier molecular flexibility index (Phi) is 10.5. The predicted molar refractivity (Wildman–Crippen MR) is 157 cm³/mol. The molecule has 4 rings (SSSR count). The van der Waals surface area contributed by atoms with E-state index < -0.39 is 6.10 Å². The minimum Gasteiger partial charge on any atom is -0.488 e. The van der Waals surface area contributed by atoms with Crippen LogP contribution in [0.3, 0.4) is 0 Å². The predicted octanol–water partition coefficient (Wildman–Crippen LogP) is 5.55. The van der Waals surface area contributed by atoms with Gasteiger partial charge in [-0.05, 0) is 41.5 Å². The van der Waals surface area contributed by atoms with Crippen LogP contribution < -0.4 is 14.8 Å². The van der Waals surface area contributed by atoms with E-state index in [2.05, 4.69) is 10.5 Å². The number of nitrogens with zero attached hydrogens (tertiary/aromatic N) is 1. The normalized spacial score (nSPS) is 14.7. The molecule has 11 heteroatoms. The zero-order chi connectivity index (χ0) is 29.4. The fraction of sp³-hybridized carbons (Fsp3) is 0.200. The minimum atomic E-state index is -0.918. The maximum absolute atomic E-state index is 13.4. The van der Waals surface area contributed by atoms with Gasteiger partial charge in [-0.2, -0.15) is 0 Å². The number of hydrogen-bond acceptors (Lipinski definition) is 8. The second kappa shape index (κ2) is 14.2. The molecule has 0 unspecified atom stereocenters. The zero-order valence-electron chi connectivity index (χ0n) is 21.8. The lowest BCUT2D eigenvalue weighted by Gasteiger charge is -2.18. The zero-order valence-corrected chi connectivity index (χ0v) is 23.3. The summed E-state index contributed by atoms with van der Waals surface area (Å²) in [7, 11) is 0. The van der Waals surface area contributed by atoms with Crippen LogP contribution in [0.25, 0.3) is 11.1 Å². The van der Waals surface area contributed by atoms with Crippen molar-refractivity contribution in [2.45, 2.75) is 19.3 Å². The monoisotopic (exact) mass is 599 g/mol. The van der Waals surface area contributed by atoms with E-state index in [1.807, 2.05) is 18.2 Å². The molecule has 8 nitrogen and oxygen atoms in total. The standard InChI is InChI=1S/C30H28Cl2FN3O5/c31-25-11-21(13-35-14-23(38)15-37)28(40-16-18-4-9-27(36-39)26(34)10-18)12-29(25)41-17-20-2-1-3-24(30(20)32)19-5-7-22(33)8-6-19/h1-12,23,34-35,37-39H,13-17H2/b34-26?,36-27-/t23-/m0/s1. The molecular weight excluding hydrogens is 572 g/mol. The van der Waals surface area contributed by atoms with E-state index in [4.69, 9.17) is 48.4 Å². The molecule has 1 aliphatic carbocycles. The highest BCUT2D eigenvalue weighted by molar-refractivity contribution is 6.50. The lowest BCUT2D eigenvalue weighted by atomic mass is 10.0. The van der Waals surface area contributed by atoms with E-state index in [1.54, 1.807) is 30.3 Å². The van der Waals surface area contributed by atoms with Crippen LogP contribution in [0, 0.1) is 11.2 Å². The number of halogens is 3. The van der Waals surface area contributed by atoms with Gasteiger partial charge < -0.3 is 30.2 Å². The Balaban J connectivity index is 1.54. The highest BCUT2D eigenvalue weighted by Crippen LogP contribution is 2.36. The first-order chi connectivity index (χ1) is 19.8. The molecule has 0 aromatic heterocycles. The summed E-state index contributed by atoms with van der Waals surface area (Å²) in [5.74, 6) is 0.460. The van der Waals surface area contributed by atoms with Gasteiger partial charge in [-0.1, -0.05) is 64.8 Å². The molecular formula is C30H28Cl2FN3O5. The first-order valence-electron chi connectivity index (χ1n) is 12.6. The number of rotatable bonds is 12. The van der Waals surface area contributed by atoms with Crippen LogP contribution in [-0.2, 0) is 13.2 Å². The molecule has 41 heavy (non-hydrogen) atoms. The van der Waals surface area contributed by atoms with Crippen LogP contribution >= 0.6 is 23.2 Å². The molecule has 0 bridgehead atoms. The molecule has 1 atom stereocenters. The molecule has 5 N–H and O–H groups in total. The molecule has 0 amide bonds. The van der Waals surface area contributed by atoms with Crippen molar-refractivity contribution in [2.24, 2.45) is 5.16 Å². The first-order valence-corrected chi connectivity index (χ1v) is 13.3. The Morgan fingerprint density at radius 1 is 0.976 bits per heavy atom. The maximum Gasteiger partial charge on any atom is 0.142 e. The first kappa shape index (κ1) is 30.2. The van der Waals surface area contributed by atoms with Crippen molar-refractivity contribution in [3.05, 3.63) is 105 Å². The topological polar surface area (TPSA) is 127 Å². The number of benzene rings is 3. The number of oxime groups is 1. The minimum absolute atomic E-state index is 0.0494. The molecule has 0 aliphatic heterocycles. The van der Waals surface area contributed by atoms with Gasteiger partial charge in [0.1, 0.15) is 36.2 Å². The van der Waals surface area contributed by atoms with Crippen molar-refractivity contribution < 1.29 is 29.3 Å². The summed E-state index contributed by atoms with van der Waals surface area (Å²) >= 11 is 13.2. The second-order valence-corrected chi connectivity index (χ2v) is 9.96. The van der Waals surface area contributed by atoms with Gasteiger partial charge in [-0.3, -0.25) is 5.41 Å². The summed E-state index contributed by atoms with van der Waals surface area (Å²) in [5, 5.41) is 42.6. The van der Waals surface area contributed by atoms with Gasteiger partial charge >= 0.3 is 0 Å². The summed E-state index contributed by atoms with van der Waals surface area (Å²) in [4.78, 5) is 0. The van der Waals surface area contributed by atoms with Gasteiger partial charge in [0.25, 0.3) is 0 Å². The van der Waals surface area contributed by atoms with Crippen molar-refractivity contribution >= 4 is 34.6 Å². The molecule has 1 aliphatic rings. The Morgan fingerprint density at radius 2 is 1.73 bits per heavy atom. The highest BCUT2D eigenvalue weighted by atomic mass is 35.5. The van der Waals surface area contributed by atoms with E-state index >= 15 is 0 Å². The Morgan fingerprint density at radius 3 is 2.44 bits per heavy atom. The van der Waals surface area contributed by atoms with Crippen LogP contribution in [-0.4, -0.2) is 52.7 Å². The fourth-order valence-electron chi connectivity index (χ4n) is 4.02. The third-order valence-corrected chi connectivity index (χ3v) is 6.94. The number of nitrogens with one attached hydrogen (secondary N) is 2. The van der Waals surface area contributed by atoms with Crippen molar-refractivity contribution in [1.82, 2.24) is 5.32 Å². The van der Waals surface area contributed by atoms with Gasteiger partial charge in [-0.25, -0.2) is 4.39 Å². The molecule has 0 heterocycles. The lowest BCUT2D eigenvalue weighted by molar-refractivity contribution is 0.0941. The van der Waals surface area contributed by atoms with Gasteiger partial charge in [0.2, 0.25) is 0 Å². The van der Waals surface area contributed by atoms with Crippen molar-refractivity contribution in [1.29, 1.82) is 5.41 Å². The Hall–Kier alpha value is -3.73. The number of hydrogen-bond donors (Lipinski definition) is 5. The van der Waals surface area contributed by atoms with Crippen LogP contribution in [0.15, 0.2) is 83.6 Å². The quantitative estimate of drug-likeness (QED) is 0.106. The molecule has 3 aromatic carbocycles. The van der Waals surface area contributed by atoms with Crippen LogP contribution in [0.1, 0.15) is 11.1 Å². The second-order valence-electron chi connectivity index (χ2n) is 9.17. The average Bonchev–Trinajstić information content (AvgIpc) is 2.97. The number of allylic oxidation sites excluding steroid dienone is 2. The molecule has 214 valence electrons. The highest BCUT2D eigenvalue weighted by Gasteiger charge is 2.16. The van der Waals surface area contributed by atoms with Crippen LogP contribution in [0.5, 0.6) is 11.5 Å². The van der Waals surface area contributed by atoms with E-state index in [9.17, 15) is 9.50 Å². The number of aliphatic hydroxyl groups excluding tert-OH is 2. The third-order valence-electron chi connectivity index (χ3n) is 6.20. The fourth-order valence-corrected chi connectivity index (χ4v) is 4.55. The molecule has 0 saturated heterocycles. The largest absolute Gasteiger partial charge is 0.488 e. The van der Waals surface area contributed by atoms with E-state index in [0.29, 0.717) is 38.2 Å². The SMILES string of the molecule is N=C1C=C(COc2cc(OCc3cccc(-c4ccc(F)cc4)c3Cl)c(Cl)cc2CNC[C@H](O)CO)C=C/C1=N/O. The summed E-state index contributed by atoms with van der Waals surface area (Å²) in [6, 6.07) is 14.9. The van der Waals surface area contributed by atoms with Gasteiger partial charge in [-0.15, -0.1) is 0 Å². The van der Waals surface area contributed by atoms with E-state index in [0.717, 1.165) is 11.1 Å². The van der Waals surface area contributed by atoms with Crippen molar-refractivity contribution in [3.63, 3.8) is 0 Å². The number of aliphatic hydroxyl groups is 2. The third kappa shape index (κ3) is 7.93. The van der Waals surface area contributed by atoms with E-state index in [1.165, 1.54) is 24.3 Å². The molecule has 3 aromatic rings. The summed E-state index contributed by atoms with van der Waals surface area (Å²) in [6.07, 6.45) is 3.82. The van der Waals surface area contributed by atoms with Crippen molar-refractivity contribution in [3.8, 4) is 22.6 Å². The van der Waals surface area contributed by atoms with Gasteiger partial charge in [0.15, 0.2) is 0 Å².